The third kappa shape index (κ3) is 3.01. The molecule has 24 heavy (non-hydrogen) atoms. The van der Waals surface area contributed by atoms with Crippen molar-refractivity contribution in [3.63, 3.8) is 0 Å². The van der Waals surface area contributed by atoms with Crippen molar-refractivity contribution in [2.24, 2.45) is 7.05 Å². The Labute approximate surface area is 145 Å². The molecular formula is C17H19ClN4O2. The van der Waals surface area contributed by atoms with Gasteiger partial charge in [-0.2, -0.15) is 5.10 Å². The van der Waals surface area contributed by atoms with Crippen LogP contribution in [0.1, 0.15) is 21.7 Å². The number of halogens is 1. The Kier molecular flexibility index (Phi) is 4.57. The molecule has 2 amide bonds. The van der Waals surface area contributed by atoms with Crippen molar-refractivity contribution in [3.8, 4) is 0 Å². The Balaban J connectivity index is 1.89. The van der Waals surface area contributed by atoms with Gasteiger partial charge in [0.1, 0.15) is 6.04 Å². The van der Waals surface area contributed by atoms with E-state index in [0.29, 0.717) is 24.5 Å². The molecule has 7 heteroatoms. The van der Waals surface area contributed by atoms with Gasteiger partial charge in [0.15, 0.2) is 5.69 Å². The minimum absolute atomic E-state index is 0.151. The summed E-state index contributed by atoms with van der Waals surface area (Å²) in [7, 11) is 1.74. The Morgan fingerprint density at radius 1 is 1.38 bits per heavy atom. The van der Waals surface area contributed by atoms with E-state index >= 15 is 0 Å². The maximum absolute atomic E-state index is 12.9. The molecule has 126 valence electrons. The van der Waals surface area contributed by atoms with Crippen LogP contribution in [-0.2, 0) is 18.3 Å². The molecular weight excluding hydrogens is 328 g/mol. The molecule has 1 aliphatic heterocycles. The van der Waals surface area contributed by atoms with Gasteiger partial charge in [-0.15, -0.1) is 0 Å². The van der Waals surface area contributed by atoms with Gasteiger partial charge < -0.3 is 10.2 Å². The first kappa shape index (κ1) is 16.5. The Morgan fingerprint density at radius 2 is 2.08 bits per heavy atom. The van der Waals surface area contributed by atoms with Crippen LogP contribution in [0.5, 0.6) is 0 Å². The summed E-state index contributed by atoms with van der Waals surface area (Å²) in [5.74, 6) is -0.457. The number of nitrogens with zero attached hydrogens (tertiary/aromatic N) is 3. The van der Waals surface area contributed by atoms with Crippen LogP contribution < -0.4 is 5.32 Å². The molecule has 3 rings (SSSR count). The van der Waals surface area contributed by atoms with E-state index in [2.05, 4.69) is 10.4 Å². The normalized spacial score (nSPS) is 17.7. The highest BCUT2D eigenvalue weighted by atomic mass is 35.5. The standard InChI is InChI=1S/C17H19ClN4O2/c1-11-14(18)15(20-21(11)2)17(24)22-9-8-19-16(23)13(22)10-12-6-4-3-5-7-12/h3-7,13H,8-10H2,1-2H3,(H,19,23)/t13-/m0/s1. The lowest BCUT2D eigenvalue weighted by atomic mass is 10.0. The zero-order valence-electron chi connectivity index (χ0n) is 13.6. The fourth-order valence-electron chi connectivity index (χ4n) is 2.85. The van der Waals surface area contributed by atoms with Gasteiger partial charge in [0.05, 0.1) is 10.7 Å². The molecule has 2 aromatic rings. The topological polar surface area (TPSA) is 67.2 Å². The fraction of sp³-hybridized carbons (Fsp3) is 0.353. The van der Waals surface area contributed by atoms with E-state index in [9.17, 15) is 9.59 Å². The molecule has 2 heterocycles. The van der Waals surface area contributed by atoms with Gasteiger partial charge in [0.2, 0.25) is 5.91 Å². The molecule has 1 aromatic carbocycles. The highest BCUT2D eigenvalue weighted by molar-refractivity contribution is 6.34. The summed E-state index contributed by atoms with van der Waals surface area (Å²) in [6.45, 7) is 2.67. The van der Waals surface area contributed by atoms with E-state index < -0.39 is 6.04 Å². The summed E-state index contributed by atoms with van der Waals surface area (Å²) in [6.07, 6.45) is 0.460. The first-order valence-corrected chi connectivity index (χ1v) is 8.18. The van der Waals surface area contributed by atoms with Crippen molar-refractivity contribution in [2.45, 2.75) is 19.4 Å². The van der Waals surface area contributed by atoms with Crippen molar-refractivity contribution in [1.82, 2.24) is 20.0 Å². The number of hydrogen-bond donors (Lipinski definition) is 1. The number of amides is 2. The molecule has 1 atom stereocenters. The average molecular weight is 347 g/mol. The number of rotatable bonds is 3. The summed E-state index contributed by atoms with van der Waals surface area (Å²) < 4.78 is 1.58. The number of aromatic nitrogens is 2. The van der Waals surface area contributed by atoms with E-state index in [1.54, 1.807) is 23.6 Å². The first-order chi connectivity index (χ1) is 11.5. The van der Waals surface area contributed by atoms with E-state index in [1.165, 1.54) is 0 Å². The van der Waals surface area contributed by atoms with Crippen LogP contribution in [-0.4, -0.2) is 45.6 Å². The van der Waals surface area contributed by atoms with E-state index in [1.807, 2.05) is 30.3 Å². The fourth-order valence-corrected chi connectivity index (χ4v) is 3.09. The molecule has 1 N–H and O–H groups in total. The van der Waals surface area contributed by atoms with E-state index in [4.69, 9.17) is 11.6 Å². The highest BCUT2D eigenvalue weighted by Crippen LogP contribution is 2.23. The van der Waals surface area contributed by atoms with Crippen molar-refractivity contribution < 1.29 is 9.59 Å². The zero-order chi connectivity index (χ0) is 17.3. The predicted molar refractivity (Wildman–Crippen MR) is 90.9 cm³/mol. The lowest BCUT2D eigenvalue weighted by molar-refractivity contribution is -0.127. The van der Waals surface area contributed by atoms with E-state index in [-0.39, 0.29) is 17.5 Å². The van der Waals surface area contributed by atoms with Gasteiger partial charge in [0.25, 0.3) is 5.91 Å². The molecule has 0 spiro atoms. The summed E-state index contributed by atoms with van der Waals surface area (Å²) in [4.78, 5) is 26.8. The van der Waals surface area contributed by atoms with Crippen LogP contribution in [0.2, 0.25) is 5.02 Å². The number of carbonyl (C=O) groups is 2. The molecule has 6 nitrogen and oxygen atoms in total. The van der Waals surface area contributed by atoms with Gasteiger partial charge in [-0.3, -0.25) is 14.3 Å². The molecule has 1 fully saturated rings. The maximum atomic E-state index is 12.9. The lowest BCUT2D eigenvalue weighted by Gasteiger charge is -2.34. The Bertz CT molecular complexity index is 772. The highest BCUT2D eigenvalue weighted by Gasteiger charge is 2.35. The molecule has 0 bridgehead atoms. The first-order valence-electron chi connectivity index (χ1n) is 7.80. The van der Waals surface area contributed by atoms with Gasteiger partial charge in [-0.25, -0.2) is 0 Å². The Hall–Kier alpha value is -2.34. The summed E-state index contributed by atoms with van der Waals surface area (Å²) in [5, 5.41) is 7.38. The van der Waals surface area contributed by atoms with Crippen molar-refractivity contribution in [2.75, 3.05) is 13.1 Å². The van der Waals surface area contributed by atoms with Crippen LogP contribution in [0.15, 0.2) is 30.3 Å². The largest absolute Gasteiger partial charge is 0.353 e. The number of benzene rings is 1. The van der Waals surface area contributed by atoms with Crippen LogP contribution in [0.3, 0.4) is 0 Å². The molecule has 0 aliphatic carbocycles. The van der Waals surface area contributed by atoms with Gasteiger partial charge in [-0.1, -0.05) is 41.9 Å². The minimum atomic E-state index is -0.563. The predicted octanol–water partition coefficient (Wildman–Crippen LogP) is 1.57. The Morgan fingerprint density at radius 3 is 2.71 bits per heavy atom. The summed E-state index contributed by atoms with van der Waals surface area (Å²) >= 11 is 6.24. The second kappa shape index (κ2) is 6.65. The van der Waals surface area contributed by atoms with Crippen LogP contribution in [0.4, 0.5) is 0 Å². The lowest BCUT2D eigenvalue weighted by Crippen LogP contribution is -2.58. The van der Waals surface area contributed by atoms with Gasteiger partial charge >= 0.3 is 0 Å². The molecule has 0 saturated carbocycles. The van der Waals surface area contributed by atoms with E-state index in [0.717, 1.165) is 11.3 Å². The molecule has 1 aliphatic rings. The summed E-state index contributed by atoms with van der Waals surface area (Å²) in [6, 6.07) is 9.09. The smallest absolute Gasteiger partial charge is 0.276 e. The number of nitrogens with one attached hydrogen (secondary N) is 1. The second-order valence-electron chi connectivity index (χ2n) is 5.87. The number of aryl methyl sites for hydroxylation is 1. The van der Waals surface area contributed by atoms with Gasteiger partial charge in [-0.05, 0) is 12.5 Å². The minimum Gasteiger partial charge on any atom is -0.353 e. The average Bonchev–Trinajstić information content (AvgIpc) is 2.84. The number of hydrogen-bond acceptors (Lipinski definition) is 3. The molecule has 1 aromatic heterocycles. The SMILES string of the molecule is Cc1c(Cl)c(C(=O)N2CCNC(=O)[C@@H]2Cc2ccccc2)nn1C. The van der Waals surface area contributed by atoms with Gasteiger partial charge in [0, 0.05) is 26.6 Å². The summed E-state index contributed by atoms with van der Waals surface area (Å²) in [5.41, 5.74) is 1.92. The zero-order valence-corrected chi connectivity index (χ0v) is 14.4. The van der Waals surface area contributed by atoms with Crippen molar-refractivity contribution in [3.05, 3.63) is 52.3 Å². The van der Waals surface area contributed by atoms with Crippen LogP contribution in [0.25, 0.3) is 0 Å². The third-order valence-electron chi connectivity index (χ3n) is 4.33. The number of piperazine rings is 1. The van der Waals surface area contributed by atoms with Crippen molar-refractivity contribution in [1.29, 1.82) is 0 Å². The van der Waals surface area contributed by atoms with Crippen LogP contribution >= 0.6 is 11.6 Å². The maximum Gasteiger partial charge on any atom is 0.276 e. The molecule has 1 saturated heterocycles. The van der Waals surface area contributed by atoms with Crippen molar-refractivity contribution >= 4 is 23.4 Å². The third-order valence-corrected chi connectivity index (χ3v) is 4.78. The molecule has 0 unspecified atom stereocenters. The monoisotopic (exact) mass is 346 g/mol. The quantitative estimate of drug-likeness (QED) is 0.917. The second-order valence-corrected chi connectivity index (χ2v) is 6.24. The number of carbonyl (C=O) groups excluding carboxylic acids is 2. The van der Waals surface area contributed by atoms with Crippen LogP contribution in [0, 0.1) is 6.92 Å². The molecule has 0 radical (unpaired) electrons.